The van der Waals surface area contributed by atoms with Gasteiger partial charge in [-0.15, -0.1) is 6.58 Å². The van der Waals surface area contributed by atoms with Crippen LogP contribution in [0, 0.1) is 17.8 Å². The lowest BCUT2D eigenvalue weighted by molar-refractivity contribution is 0.188. The van der Waals surface area contributed by atoms with Crippen molar-refractivity contribution in [3.8, 4) is 0 Å². The molecule has 1 aliphatic heterocycles. The summed E-state index contributed by atoms with van der Waals surface area (Å²) in [6.45, 7) is 9.66. The summed E-state index contributed by atoms with van der Waals surface area (Å²) in [6.07, 6.45) is 4.77. The quantitative estimate of drug-likeness (QED) is 0.412. The Morgan fingerprint density at radius 1 is 1.53 bits per heavy atom. The number of fused-ring (bicyclic) bond motifs is 2. The van der Waals surface area contributed by atoms with Crippen molar-refractivity contribution < 1.29 is 0 Å². The molecule has 0 aromatic carbocycles. The van der Waals surface area contributed by atoms with E-state index in [2.05, 4.69) is 29.9 Å². The first-order valence-electron chi connectivity index (χ1n) is 6.10. The van der Waals surface area contributed by atoms with E-state index in [0.717, 1.165) is 30.3 Å². The van der Waals surface area contributed by atoms with E-state index < -0.39 is 0 Å². The van der Waals surface area contributed by atoms with Gasteiger partial charge in [-0.1, -0.05) is 13.0 Å². The molecule has 2 bridgehead atoms. The lowest BCUT2D eigenvalue weighted by atomic mass is 9.74. The van der Waals surface area contributed by atoms with Crippen LogP contribution in [0.2, 0.25) is 0 Å². The first-order chi connectivity index (χ1) is 7.30. The summed E-state index contributed by atoms with van der Waals surface area (Å²) in [7, 11) is 0. The topological polar surface area (TPSA) is 41.3 Å². The van der Waals surface area contributed by atoms with E-state index in [1.807, 2.05) is 0 Å². The number of rotatable bonds is 4. The molecule has 2 rings (SSSR count). The molecule has 15 heavy (non-hydrogen) atoms. The second-order valence-corrected chi connectivity index (χ2v) is 4.97. The Kier molecular flexibility index (Phi) is 3.44. The van der Waals surface area contributed by atoms with Crippen LogP contribution in [0.25, 0.3) is 0 Å². The molecule has 0 aromatic rings. The predicted octanol–water partition coefficient (Wildman–Crippen LogP) is 0.982. The molecule has 2 fully saturated rings. The third-order valence-corrected chi connectivity index (χ3v) is 4.22. The minimum Gasteiger partial charge on any atom is -0.300 e. The molecule has 0 aromatic heterocycles. The summed E-state index contributed by atoms with van der Waals surface area (Å²) in [5, 5.41) is 0. The summed E-state index contributed by atoms with van der Waals surface area (Å²) in [5.41, 5.74) is 2.83. The van der Waals surface area contributed by atoms with Gasteiger partial charge in [0, 0.05) is 19.1 Å². The Hall–Kier alpha value is -0.380. The van der Waals surface area contributed by atoms with E-state index in [-0.39, 0.29) is 0 Å². The zero-order valence-electron chi connectivity index (χ0n) is 9.65. The highest BCUT2D eigenvalue weighted by Gasteiger charge is 2.44. The fraction of sp³-hybridized carbons (Fsp3) is 0.833. The number of nitrogens with two attached hydrogens (primary N) is 1. The number of nitrogens with one attached hydrogen (secondary N) is 1. The highest BCUT2D eigenvalue weighted by Crippen LogP contribution is 2.43. The Balaban J connectivity index is 2.05. The lowest BCUT2D eigenvalue weighted by Crippen LogP contribution is -2.39. The van der Waals surface area contributed by atoms with Gasteiger partial charge < -0.3 is 0 Å². The van der Waals surface area contributed by atoms with Crippen LogP contribution in [-0.4, -0.2) is 30.6 Å². The maximum Gasteiger partial charge on any atom is 0.0164 e. The summed E-state index contributed by atoms with van der Waals surface area (Å²) in [6, 6.07) is 0.726. The minimum absolute atomic E-state index is 0.721. The molecule has 3 unspecified atom stereocenters. The van der Waals surface area contributed by atoms with Crippen LogP contribution in [0.4, 0.5) is 0 Å². The molecule has 2 aliphatic rings. The Bertz CT molecular complexity index is 229. The SMILES string of the molecule is C=C[C@@H]1C2CC(CNN)CC1N(CC)C2. The van der Waals surface area contributed by atoms with Crippen LogP contribution in [0.15, 0.2) is 12.7 Å². The van der Waals surface area contributed by atoms with E-state index in [9.17, 15) is 0 Å². The van der Waals surface area contributed by atoms with Crippen molar-refractivity contribution in [2.24, 2.45) is 23.6 Å². The Labute approximate surface area is 92.7 Å². The fourth-order valence-corrected chi connectivity index (χ4v) is 3.57. The molecule has 86 valence electrons. The van der Waals surface area contributed by atoms with Crippen LogP contribution in [0.5, 0.6) is 0 Å². The van der Waals surface area contributed by atoms with E-state index in [4.69, 9.17) is 5.84 Å². The summed E-state index contributed by atoms with van der Waals surface area (Å²) < 4.78 is 0. The van der Waals surface area contributed by atoms with Gasteiger partial charge in [-0.2, -0.15) is 0 Å². The Morgan fingerprint density at radius 2 is 2.33 bits per heavy atom. The van der Waals surface area contributed by atoms with Crippen molar-refractivity contribution >= 4 is 0 Å². The van der Waals surface area contributed by atoms with Crippen LogP contribution >= 0.6 is 0 Å². The second kappa shape index (κ2) is 4.64. The molecule has 1 heterocycles. The number of hydrogen-bond donors (Lipinski definition) is 2. The van der Waals surface area contributed by atoms with Gasteiger partial charge in [-0.25, -0.2) is 0 Å². The molecule has 1 saturated carbocycles. The number of likely N-dealkylation sites (tertiary alicyclic amines) is 1. The maximum absolute atomic E-state index is 5.42. The molecule has 0 amide bonds. The highest BCUT2D eigenvalue weighted by atomic mass is 15.2. The molecule has 0 radical (unpaired) electrons. The normalized spacial score (nSPS) is 40.7. The first kappa shape index (κ1) is 11.1. The third kappa shape index (κ3) is 1.96. The molecule has 3 N–H and O–H groups in total. The van der Waals surface area contributed by atoms with Crippen molar-refractivity contribution in [2.45, 2.75) is 25.8 Å². The zero-order chi connectivity index (χ0) is 10.8. The molecular formula is C12H23N3. The number of hydrazine groups is 1. The summed E-state index contributed by atoms with van der Waals surface area (Å²) >= 11 is 0. The Morgan fingerprint density at radius 3 is 2.93 bits per heavy atom. The third-order valence-electron chi connectivity index (χ3n) is 4.22. The lowest BCUT2D eigenvalue weighted by Gasteiger charge is -2.34. The van der Waals surface area contributed by atoms with Crippen molar-refractivity contribution in [2.75, 3.05) is 19.6 Å². The van der Waals surface area contributed by atoms with Crippen molar-refractivity contribution in [3.63, 3.8) is 0 Å². The fourth-order valence-electron chi connectivity index (χ4n) is 3.57. The average molecular weight is 209 g/mol. The average Bonchev–Trinajstić information content (AvgIpc) is 2.46. The van der Waals surface area contributed by atoms with Gasteiger partial charge in [0.05, 0.1) is 0 Å². The van der Waals surface area contributed by atoms with E-state index in [0.29, 0.717) is 0 Å². The van der Waals surface area contributed by atoms with Gasteiger partial charge in [0.2, 0.25) is 0 Å². The van der Waals surface area contributed by atoms with E-state index >= 15 is 0 Å². The van der Waals surface area contributed by atoms with Crippen LogP contribution in [0.3, 0.4) is 0 Å². The van der Waals surface area contributed by atoms with Gasteiger partial charge in [-0.3, -0.25) is 16.2 Å². The summed E-state index contributed by atoms with van der Waals surface area (Å²) in [5.74, 6) is 7.72. The van der Waals surface area contributed by atoms with E-state index in [1.54, 1.807) is 0 Å². The standard InChI is InChI=1S/C12H23N3/c1-3-11-10-5-9(7-14-13)6-12(11)15(4-2)8-10/h3,9-12,14H,1,4-8,13H2,2H3/t9?,10?,11-,12?/m1/s1. The van der Waals surface area contributed by atoms with Gasteiger partial charge >= 0.3 is 0 Å². The van der Waals surface area contributed by atoms with Crippen LogP contribution in [0.1, 0.15) is 19.8 Å². The molecule has 1 aliphatic carbocycles. The van der Waals surface area contributed by atoms with Gasteiger partial charge in [-0.05, 0) is 37.1 Å². The minimum atomic E-state index is 0.721. The molecule has 0 spiro atoms. The number of hydrogen-bond acceptors (Lipinski definition) is 3. The summed E-state index contributed by atoms with van der Waals surface area (Å²) in [4.78, 5) is 2.62. The van der Waals surface area contributed by atoms with Gasteiger partial charge in [0.1, 0.15) is 0 Å². The molecule has 4 atom stereocenters. The second-order valence-electron chi connectivity index (χ2n) is 4.97. The zero-order valence-corrected chi connectivity index (χ0v) is 9.65. The molecular weight excluding hydrogens is 186 g/mol. The molecule has 3 heteroatoms. The van der Waals surface area contributed by atoms with Crippen LogP contribution < -0.4 is 11.3 Å². The predicted molar refractivity (Wildman–Crippen MR) is 63.1 cm³/mol. The van der Waals surface area contributed by atoms with E-state index in [1.165, 1.54) is 25.9 Å². The van der Waals surface area contributed by atoms with Crippen LogP contribution in [-0.2, 0) is 0 Å². The monoisotopic (exact) mass is 209 g/mol. The van der Waals surface area contributed by atoms with Crippen molar-refractivity contribution in [1.29, 1.82) is 0 Å². The smallest absolute Gasteiger partial charge is 0.0164 e. The van der Waals surface area contributed by atoms with Gasteiger partial charge in [0.25, 0.3) is 0 Å². The van der Waals surface area contributed by atoms with Crippen molar-refractivity contribution in [1.82, 2.24) is 10.3 Å². The van der Waals surface area contributed by atoms with Crippen molar-refractivity contribution in [3.05, 3.63) is 12.7 Å². The van der Waals surface area contributed by atoms with Gasteiger partial charge in [0.15, 0.2) is 0 Å². The first-order valence-corrected chi connectivity index (χ1v) is 6.10. The number of nitrogens with zero attached hydrogens (tertiary/aromatic N) is 1. The largest absolute Gasteiger partial charge is 0.300 e. The molecule has 3 nitrogen and oxygen atoms in total. The maximum atomic E-state index is 5.42. The highest BCUT2D eigenvalue weighted by molar-refractivity contribution is 5.05. The molecule has 1 saturated heterocycles.